The number of urea groups is 1. The highest BCUT2D eigenvalue weighted by atomic mass is 16.5. The van der Waals surface area contributed by atoms with Crippen LogP contribution < -0.4 is 29.6 Å². The molecule has 1 saturated carbocycles. The van der Waals surface area contributed by atoms with Crippen molar-refractivity contribution in [1.82, 2.24) is 10.2 Å². The van der Waals surface area contributed by atoms with Gasteiger partial charge in [-0.25, -0.2) is 4.79 Å². The van der Waals surface area contributed by atoms with E-state index in [4.69, 9.17) is 18.9 Å². The summed E-state index contributed by atoms with van der Waals surface area (Å²) in [5.41, 5.74) is 3.17. The maximum Gasteiger partial charge on any atom is 0.319 e. The van der Waals surface area contributed by atoms with Crippen molar-refractivity contribution >= 4 is 11.7 Å². The van der Waals surface area contributed by atoms with E-state index in [1.165, 1.54) is 11.1 Å². The summed E-state index contributed by atoms with van der Waals surface area (Å²) in [5.74, 6) is 2.73. The van der Waals surface area contributed by atoms with Gasteiger partial charge in [0, 0.05) is 47.9 Å². The molecule has 212 valence electrons. The third-order valence-electron chi connectivity index (χ3n) is 8.50. The van der Waals surface area contributed by atoms with E-state index in [1.807, 2.05) is 6.07 Å². The number of carbonyl (C=O) groups is 1. The number of methoxy groups -OCH3 is 4. The molecule has 2 N–H and O–H groups in total. The quantitative estimate of drug-likeness (QED) is 0.364. The van der Waals surface area contributed by atoms with Gasteiger partial charge in [0.15, 0.2) is 11.5 Å². The Hall–Kier alpha value is -3.91. The first-order valence-electron chi connectivity index (χ1n) is 13.8. The van der Waals surface area contributed by atoms with Crippen molar-refractivity contribution < 1.29 is 23.7 Å². The minimum atomic E-state index is -0.230. The highest BCUT2D eigenvalue weighted by molar-refractivity contribution is 5.90. The minimum absolute atomic E-state index is 0.0247. The summed E-state index contributed by atoms with van der Waals surface area (Å²) in [5, 5.41) is 6.21. The summed E-state index contributed by atoms with van der Waals surface area (Å²) >= 11 is 0. The first-order valence-corrected chi connectivity index (χ1v) is 13.8. The molecule has 3 unspecified atom stereocenters. The van der Waals surface area contributed by atoms with Gasteiger partial charge in [0.2, 0.25) is 0 Å². The average molecular weight is 546 g/mol. The number of fused-ring (bicyclic) bond motifs is 1. The van der Waals surface area contributed by atoms with Crippen molar-refractivity contribution in [3.63, 3.8) is 0 Å². The molecule has 1 saturated heterocycles. The predicted molar refractivity (Wildman–Crippen MR) is 156 cm³/mol. The molecule has 3 atom stereocenters. The molecule has 40 heavy (non-hydrogen) atoms. The molecule has 8 nitrogen and oxygen atoms in total. The molecular weight excluding hydrogens is 506 g/mol. The zero-order valence-electron chi connectivity index (χ0n) is 23.7. The van der Waals surface area contributed by atoms with Crippen LogP contribution in [0.3, 0.4) is 0 Å². The van der Waals surface area contributed by atoms with Gasteiger partial charge in [-0.05, 0) is 55.5 Å². The molecule has 5 rings (SSSR count). The van der Waals surface area contributed by atoms with Crippen LogP contribution in [0.2, 0.25) is 0 Å². The molecule has 2 amide bonds. The van der Waals surface area contributed by atoms with Gasteiger partial charge in [0.05, 0.1) is 28.4 Å². The Bertz CT molecular complexity index is 1290. The average Bonchev–Trinajstić information content (AvgIpc) is 3.35. The Morgan fingerprint density at radius 1 is 0.875 bits per heavy atom. The van der Waals surface area contributed by atoms with Crippen LogP contribution in [0, 0.1) is 0 Å². The zero-order chi connectivity index (χ0) is 28.1. The van der Waals surface area contributed by atoms with E-state index in [0.717, 1.165) is 50.3 Å². The second-order valence-electron chi connectivity index (χ2n) is 10.6. The largest absolute Gasteiger partial charge is 0.497 e. The Labute approximate surface area is 236 Å². The van der Waals surface area contributed by atoms with Gasteiger partial charge in [0.25, 0.3) is 0 Å². The lowest BCUT2D eigenvalue weighted by molar-refractivity contribution is 0.131. The van der Waals surface area contributed by atoms with E-state index in [9.17, 15) is 4.79 Å². The Morgan fingerprint density at radius 2 is 1.60 bits per heavy atom. The first-order chi connectivity index (χ1) is 19.5. The fourth-order valence-electron chi connectivity index (χ4n) is 6.50. The smallest absolute Gasteiger partial charge is 0.319 e. The Kier molecular flexibility index (Phi) is 8.35. The number of anilines is 1. The van der Waals surface area contributed by atoms with Crippen molar-refractivity contribution in [1.29, 1.82) is 0 Å². The second-order valence-corrected chi connectivity index (χ2v) is 10.6. The molecule has 0 bridgehead atoms. The predicted octanol–water partition coefficient (Wildman–Crippen LogP) is 5.61. The fraction of sp³-hybridized carbons (Fsp3) is 0.406. The van der Waals surface area contributed by atoms with Crippen molar-refractivity contribution in [3.8, 4) is 23.0 Å². The van der Waals surface area contributed by atoms with Crippen LogP contribution in [0.25, 0.3) is 0 Å². The zero-order valence-corrected chi connectivity index (χ0v) is 23.7. The van der Waals surface area contributed by atoms with Gasteiger partial charge in [-0.1, -0.05) is 36.4 Å². The van der Waals surface area contributed by atoms with Gasteiger partial charge < -0.3 is 29.6 Å². The summed E-state index contributed by atoms with van der Waals surface area (Å²) in [7, 11) is 6.53. The third kappa shape index (κ3) is 5.68. The lowest BCUT2D eigenvalue weighted by Crippen LogP contribution is -2.52. The van der Waals surface area contributed by atoms with Crippen LogP contribution in [-0.2, 0) is 12.0 Å². The van der Waals surface area contributed by atoms with Crippen molar-refractivity contribution in [2.45, 2.75) is 49.7 Å². The number of benzene rings is 3. The maximum absolute atomic E-state index is 13.1. The van der Waals surface area contributed by atoms with E-state index in [0.29, 0.717) is 17.2 Å². The molecule has 2 aliphatic rings. The van der Waals surface area contributed by atoms with Crippen molar-refractivity contribution in [3.05, 3.63) is 77.9 Å². The number of nitrogens with zero attached hydrogens (tertiary/aromatic N) is 1. The van der Waals surface area contributed by atoms with Gasteiger partial charge in [0.1, 0.15) is 11.5 Å². The number of carbonyl (C=O) groups excluding carboxylic acids is 1. The molecule has 3 aromatic rings. The monoisotopic (exact) mass is 545 g/mol. The minimum Gasteiger partial charge on any atom is -0.497 e. The van der Waals surface area contributed by atoms with E-state index < -0.39 is 0 Å². The van der Waals surface area contributed by atoms with E-state index in [1.54, 1.807) is 46.6 Å². The first kappa shape index (κ1) is 27.6. The maximum atomic E-state index is 13.1. The molecule has 0 spiro atoms. The lowest BCUT2D eigenvalue weighted by Gasteiger charge is -2.45. The molecule has 1 aliphatic heterocycles. The topological polar surface area (TPSA) is 81.3 Å². The molecule has 0 aromatic heterocycles. The number of hydrogen-bond donors (Lipinski definition) is 2. The molecule has 0 radical (unpaired) electrons. The Morgan fingerprint density at radius 3 is 2.27 bits per heavy atom. The lowest BCUT2D eigenvalue weighted by atomic mass is 9.65. The number of amides is 2. The van der Waals surface area contributed by atoms with Gasteiger partial charge >= 0.3 is 6.03 Å². The van der Waals surface area contributed by atoms with E-state index in [-0.39, 0.29) is 23.5 Å². The van der Waals surface area contributed by atoms with Crippen LogP contribution in [-0.4, -0.2) is 58.0 Å². The van der Waals surface area contributed by atoms with Gasteiger partial charge in [-0.3, -0.25) is 4.90 Å². The molecule has 1 aliphatic carbocycles. The summed E-state index contributed by atoms with van der Waals surface area (Å²) in [6, 6.07) is 22.4. The third-order valence-corrected chi connectivity index (χ3v) is 8.50. The number of likely N-dealkylation sites (tertiary alicyclic amines) is 1. The summed E-state index contributed by atoms with van der Waals surface area (Å²) in [4.78, 5) is 15.7. The second kappa shape index (κ2) is 12.1. The number of nitrogens with one attached hydrogen (secondary N) is 2. The van der Waals surface area contributed by atoms with E-state index >= 15 is 0 Å². The molecule has 1 heterocycles. The SMILES string of the molecule is COc1cc(NC(=O)NC2CCC3(c4ccc(OC)c(OC)c4)CCN(Cc4ccccc4)C3C2)cc(OC)c1. The van der Waals surface area contributed by atoms with E-state index in [2.05, 4.69) is 58.0 Å². The normalized spacial score (nSPS) is 22.2. The van der Waals surface area contributed by atoms with Gasteiger partial charge in [-0.15, -0.1) is 0 Å². The highest BCUT2D eigenvalue weighted by Gasteiger charge is 2.51. The van der Waals surface area contributed by atoms with Crippen LogP contribution in [0.5, 0.6) is 23.0 Å². The van der Waals surface area contributed by atoms with Crippen LogP contribution >= 0.6 is 0 Å². The molecule has 3 aromatic carbocycles. The molecule has 2 fully saturated rings. The highest BCUT2D eigenvalue weighted by Crippen LogP contribution is 2.50. The number of ether oxygens (including phenoxy) is 4. The Balaban J connectivity index is 1.37. The summed E-state index contributed by atoms with van der Waals surface area (Å²) in [6.45, 7) is 1.87. The number of rotatable bonds is 9. The standard InChI is InChI=1S/C32H39N3O5/c1-37-26-17-25(18-27(20-26)38-2)34-31(36)33-24-12-13-32(23-10-11-28(39-3)29(16-23)40-4)14-15-35(30(32)19-24)21-22-8-6-5-7-9-22/h5-11,16-18,20,24,30H,12-15,19,21H2,1-4H3,(H2,33,34,36). The van der Waals surface area contributed by atoms with Crippen LogP contribution in [0.4, 0.5) is 10.5 Å². The van der Waals surface area contributed by atoms with Crippen LogP contribution in [0.1, 0.15) is 36.8 Å². The van der Waals surface area contributed by atoms with Crippen LogP contribution in [0.15, 0.2) is 66.7 Å². The summed E-state index contributed by atoms with van der Waals surface area (Å²) < 4.78 is 21.9. The summed E-state index contributed by atoms with van der Waals surface area (Å²) in [6.07, 6.45) is 3.77. The molecule has 8 heteroatoms. The van der Waals surface area contributed by atoms with Gasteiger partial charge in [-0.2, -0.15) is 0 Å². The van der Waals surface area contributed by atoms with Crippen molar-refractivity contribution in [2.75, 3.05) is 40.3 Å². The molecular formula is C32H39N3O5. The fourth-order valence-corrected chi connectivity index (χ4v) is 6.50. The number of hydrogen-bond acceptors (Lipinski definition) is 6. The van der Waals surface area contributed by atoms with Crippen molar-refractivity contribution in [2.24, 2.45) is 0 Å².